The summed E-state index contributed by atoms with van der Waals surface area (Å²) in [6, 6.07) is 0. The summed E-state index contributed by atoms with van der Waals surface area (Å²) < 4.78 is 66.1. The summed E-state index contributed by atoms with van der Waals surface area (Å²) in [6.45, 7) is 13.9. The molecule has 0 atom stereocenters. The first-order valence-electron chi connectivity index (χ1n) is 11.4. The van der Waals surface area contributed by atoms with E-state index in [4.69, 9.17) is 0 Å². The maximum absolute atomic E-state index is 16.4. The molecule has 0 fully saturated rings. The zero-order valence-corrected chi connectivity index (χ0v) is 22.3. The average Bonchev–Trinajstić information content (AvgIpc) is 2.66. The van der Waals surface area contributed by atoms with Gasteiger partial charge in [-0.25, -0.2) is 14.0 Å². The fraction of sp³-hybridized carbons (Fsp3) is 1.00. The van der Waals surface area contributed by atoms with Crippen molar-refractivity contribution in [2.24, 2.45) is 13.5 Å². The molecule has 0 aliphatic carbocycles. The second-order valence-electron chi connectivity index (χ2n) is 7.61. The third-order valence-corrected chi connectivity index (χ3v) is 13.5. The maximum atomic E-state index is 16.4. The molecule has 0 saturated carbocycles. The fourth-order valence-electron chi connectivity index (χ4n) is 3.48. The monoisotopic (exact) mass is 492 g/mol. The van der Waals surface area contributed by atoms with Gasteiger partial charge in [0.25, 0.3) is 0 Å². The van der Waals surface area contributed by atoms with Crippen LogP contribution in [0.25, 0.3) is 0 Å². The van der Waals surface area contributed by atoms with Crippen molar-refractivity contribution >= 4 is 23.0 Å². The van der Waals surface area contributed by atoms with E-state index in [-0.39, 0.29) is 0 Å². The number of halogens is 3. The maximum Gasteiger partial charge on any atom is 0.323 e. The summed E-state index contributed by atoms with van der Waals surface area (Å²) in [5.74, 6) is 0. The topological polar surface area (TPSA) is 46.8 Å². The Bertz CT molecular complexity index is 563. The Morgan fingerprint density at radius 2 is 0.600 bits per heavy atom. The van der Waals surface area contributed by atoms with Crippen molar-refractivity contribution in [2.45, 2.75) is 80.1 Å². The van der Waals surface area contributed by atoms with Gasteiger partial charge in [-0.3, -0.25) is 0 Å². The molecular weight excluding hydrogens is 450 g/mol. The van der Waals surface area contributed by atoms with Crippen molar-refractivity contribution in [2.75, 3.05) is 39.3 Å². The minimum Gasteiger partial charge on any atom is -0.226 e. The highest BCUT2D eigenvalue weighted by Gasteiger charge is 2.45. The molecule has 0 bridgehead atoms. The van der Waals surface area contributed by atoms with Gasteiger partial charge in [-0.2, -0.15) is 26.1 Å². The lowest BCUT2D eigenvalue weighted by Gasteiger charge is -2.37. The van der Waals surface area contributed by atoms with Crippen LogP contribution in [-0.2, 0) is 0 Å². The molecule has 0 radical (unpaired) electrons. The molecule has 1 aliphatic heterocycles. The molecule has 0 aromatic heterocycles. The third kappa shape index (κ3) is 7.18. The lowest BCUT2D eigenvalue weighted by molar-refractivity contribution is 0.409. The van der Waals surface area contributed by atoms with E-state index in [0.717, 1.165) is 0 Å². The Hall–Kier alpha value is 0.360. The molecule has 0 spiro atoms. The van der Waals surface area contributed by atoms with Gasteiger partial charge in [-0.15, -0.1) is 0 Å². The van der Waals surface area contributed by atoms with E-state index in [9.17, 15) is 0 Å². The molecule has 0 unspecified atom stereocenters. The number of rotatable bonds is 15. The van der Waals surface area contributed by atoms with Gasteiger partial charge in [0.05, 0.1) is 0 Å². The largest absolute Gasteiger partial charge is 0.323 e. The molecule has 0 N–H and O–H groups in total. The average molecular weight is 492 g/mol. The molecule has 0 aromatic rings. The number of nitrogens with zero attached hydrogens (tertiary/aromatic N) is 6. The van der Waals surface area contributed by atoms with Crippen LogP contribution in [0.2, 0.25) is 0 Å². The van der Waals surface area contributed by atoms with Crippen LogP contribution < -0.4 is 0 Å². The SMILES string of the molecule is CCCN(CCC)P1(F)=NP(F)(N(CCC)CCC)=NP(F)(N(CCC)CCC)=N1. The molecule has 30 heavy (non-hydrogen) atoms. The van der Waals surface area contributed by atoms with Gasteiger partial charge in [0.2, 0.25) is 0 Å². The molecule has 1 aliphatic rings. The van der Waals surface area contributed by atoms with Crippen molar-refractivity contribution in [1.82, 2.24) is 14.0 Å². The minimum atomic E-state index is -4.20. The Morgan fingerprint density at radius 3 is 0.733 bits per heavy atom. The lowest BCUT2D eigenvalue weighted by atomic mass is 10.4. The summed E-state index contributed by atoms with van der Waals surface area (Å²) in [5, 5.41) is 0. The normalized spacial score (nSPS) is 29.2. The Balaban J connectivity index is 3.79. The molecule has 0 amide bonds. The van der Waals surface area contributed by atoms with Gasteiger partial charge >= 0.3 is 23.0 Å². The van der Waals surface area contributed by atoms with E-state index in [0.29, 0.717) is 77.8 Å². The van der Waals surface area contributed by atoms with Crippen LogP contribution in [0.1, 0.15) is 80.1 Å². The quantitative estimate of drug-likeness (QED) is 0.214. The van der Waals surface area contributed by atoms with Gasteiger partial charge < -0.3 is 0 Å². The van der Waals surface area contributed by atoms with Crippen LogP contribution in [0, 0.1) is 0 Å². The second kappa shape index (κ2) is 13.2. The second-order valence-corrected chi connectivity index (χ2v) is 14.4. The molecular formula is C18H42F3N6P3. The predicted molar refractivity (Wildman–Crippen MR) is 128 cm³/mol. The summed E-state index contributed by atoms with van der Waals surface area (Å²) in [7, 11) is -12.6. The number of hydrogen-bond acceptors (Lipinski definition) is 6. The standard InChI is InChI=1S/C18H42F3N6P3/c1-7-13-25(14-8-2)28(19)22-29(20,26(15-9-3)16-10-4)24-30(21,23-28)27(17-11-5)18-12-6/h7-18H2,1-6H3. The van der Waals surface area contributed by atoms with Crippen molar-refractivity contribution in [3.05, 3.63) is 0 Å². The minimum absolute atomic E-state index is 0.383. The summed E-state index contributed by atoms with van der Waals surface area (Å²) >= 11 is 0. The first-order valence-corrected chi connectivity index (χ1v) is 16.1. The van der Waals surface area contributed by atoms with E-state index < -0.39 is 23.0 Å². The van der Waals surface area contributed by atoms with Crippen molar-refractivity contribution in [3.63, 3.8) is 0 Å². The van der Waals surface area contributed by atoms with Gasteiger partial charge in [-0.05, 0) is 38.5 Å². The Kier molecular flexibility index (Phi) is 12.5. The van der Waals surface area contributed by atoms with Crippen LogP contribution in [0.3, 0.4) is 0 Å². The Morgan fingerprint density at radius 1 is 0.433 bits per heavy atom. The summed E-state index contributed by atoms with van der Waals surface area (Å²) in [6.07, 6.45) is 4.03. The highest BCUT2D eigenvalue weighted by molar-refractivity contribution is 7.80. The van der Waals surface area contributed by atoms with Crippen LogP contribution >= 0.6 is 23.0 Å². The Labute approximate surface area is 182 Å². The fourth-order valence-corrected chi connectivity index (χ4v) is 13.8. The zero-order valence-electron chi connectivity index (χ0n) is 19.6. The van der Waals surface area contributed by atoms with Gasteiger partial charge in [0.1, 0.15) is 0 Å². The number of hydrogen-bond donors (Lipinski definition) is 0. The predicted octanol–water partition coefficient (Wildman–Crippen LogP) is 9.11. The zero-order chi connectivity index (χ0) is 22.8. The first kappa shape index (κ1) is 28.4. The molecule has 12 heteroatoms. The van der Waals surface area contributed by atoms with E-state index in [1.54, 1.807) is 0 Å². The van der Waals surface area contributed by atoms with Crippen LogP contribution in [-0.4, -0.2) is 53.3 Å². The van der Waals surface area contributed by atoms with Crippen molar-refractivity contribution in [3.8, 4) is 0 Å². The van der Waals surface area contributed by atoms with Gasteiger partial charge in [0, 0.05) is 39.3 Å². The highest BCUT2D eigenvalue weighted by Crippen LogP contribution is 2.82. The van der Waals surface area contributed by atoms with Crippen LogP contribution in [0.15, 0.2) is 13.5 Å². The summed E-state index contributed by atoms with van der Waals surface area (Å²) in [4.78, 5) is 0. The van der Waals surface area contributed by atoms with E-state index >= 15 is 12.6 Å². The molecule has 1 rings (SSSR count). The smallest absolute Gasteiger partial charge is 0.226 e. The van der Waals surface area contributed by atoms with Crippen molar-refractivity contribution in [1.29, 1.82) is 0 Å². The third-order valence-electron chi connectivity index (χ3n) is 4.65. The molecule has 0 aromatic carbocycles. The van der Waals surface area contributed by atoms with Crippen LogP contribution in [0.5, 0.6) is 0 Å². The highest BCUT2D eigenvalue weighted by atomic mass is 31.3. The molecule has 1 heterocycles. The van der Waals surface area contributed by atoms with Crippen LogP contribution in [0.4, 0.5) is 12.6 Å². The molecule has 6 nitrogen and oxygen atoms in total. The van der Waals surface area contributed by atoms with E-state index in [1.165, 1.54) is 14.0 Å². The van der Waals surface area contributed by atoms with Gasteiger partial charge in [0.15, 0.2) is 0 Å². The summed E-state index contributed by atoms with van der Waals surface area (Å²) in [5.41, 5.74) is 0. The molecule has 180 valence electrons. The lowest BCUT2D eigenvalue weighted by Crippen LogP contribution is -2.25. The van der Waals surface area contributed by atoms with Crippen molar-refractivity contribution < 1.29 is 12.6 Å². The van der Waals surface area contributed by atoms with Gasteiger partial charge in [-0.1, -0.05) is 41.5 Å². The first-order chi connectivity index (χ1) is 14.2. The molecule has 0 saturated heterocycles. The van der Waals surface area contributed by atoms with E-state index in [1.807, 2.05) is 41.5 Å². The van der Waals surface area contributed by atoms with E-state index in [2.05, 4.69) is 13.5 Å².